The Hall–Kier alpha value is -0.850. The third kappa shape index (κ3) is 3.07. The molecular weight excluding hydrogens is 288 g/mol. The van der Waals surface area contributed by atoms with Crippen LogP contribution in [0.5, 0.6) is 0 Å². The second-order valence-electron chi connectivity index (χ2n) is 5.48. The predicted molar refractivity (Wildman–Crippen MR) is 87.9 cm³/mol. The molecule has 1 aliphatic rings. The summed E-state index contributed by atoms with van der Waals surface area (Å²) in [6.07, 6.45) is 5.40. The van der Waals surface area contributed by atoms with Crippen LogP contribution in [0.1, 0.15) is 38.4 Å². The maximum Gasteiger partial charge on any atom is 0.152 e. The van der Waals surface area contributed by atoms with Crippen LogP contribution in [-0.2, 0) is 5.75 Å². The standard InChI is InChI=1S/C14H20N4S2/c1-9-3-2-4-10(7-9)20-8-12-16-13(18-15)11-5-6-19-14(11)17-12/h5-6,9-10H,2-4,7-8,15H2,1H3,(H,16,17,18). The van der Waals surface area contributed by atoms with Gasteiger partial charge in [-0.2, -0.15) is 11.8 Å². The Morgan fingerprint density at radius 2 is 2.35 bits per heavy atom. The van der Waals surface area contributed by atoms with Gasteiger partial charge in [0.25, 0.3) is 0 Å². The number of hydrazine groups is 1. The van der Waals surface area contributed by atoms with Crippen molar-refractivity contribution >= 4 is 39.1 Å². The molecule has 3 N–H and O–H groups in total. The van der Waals surface area contributed by atoms with Crippen molar-refractivity contribution in [3.05, 3.63) is 17.3 Å². The van der Waals surface area contributed by atoms with Crippen molar-refractivity contribution in [3.8, 4) is 0 Å². The lowest BCUT2D eigenvalue weighted by molar-refractivity contribution is 0.394. The summed E-state index contributed by atoms with van der Waals surface area (Å²) in [6, 6.07) is 2.01. The number of rotatable bonds is 4. The minimum atomic E-state index is 0.740. The summed E-state index contributed by atoms with van der Waals surface area (Å²) in [6.45, 7) is 2.36. The Morgan fingerprint density at radius 3 is 3.15 bits per heavy atom. The van der Waals surface area contributed by atoms with Crippen molar-refractivity contribution in [1.29, 1.82) is 0 Å². The van der Waals surface area contributed by atoms with Gasteiger partial charge in [-0.15, -0.1) is 11.3 Å². The van der Waals surface area contributed by atoms with Gasteiger partial charge in [-0.25, -0.2) is 15.8 Å². The molecule has 0 aromatic carbocycles. The quantitative estimate of drug-likeness (QED) is 0.664. The van der Waals surface area contributed by atoms with Gasteiger partial charge < -0.3 is 5.43 Å². The Kier molecular flexibility index (Phi) is 4.43. The van der Waals surface area contributed by atoms with E-state index < -0.39 is 0 Å². The number of nitrogens with one attached hydrogen (secondary N) is 1. The molecule has 1 aliphatic carbocycles. The summed E-state index contributed by atoms with van der Waals surface area (Å²) in [4.78, 5) is 10.2. The molecule has 0 bridgehead atoms. The molecule has 2 atom stereocenters. The summed E-state index contributed by atoms with van der Waals surface area (Å²) in [5.41, 5.74) is 2.69. The molecule has 0 radical (unpaired) electrons. The normalized spacial score (nSPS) is 23.1. The highest BCUT2D eigenvalue weighted by Gasteiger charge is 2.19. The predicted octanol–water partition coefficient (Wildman–Crippen LogP) is 3.79. The molecule has 2 aromatic heterocycles. The van der Waals surface area contributed by atoms with Gasteiger partial charge in [0.1, 0.15) is 10.7 Å². The van der Waals surface area contributed by atoms with Crippen LogP contribution < -0.4 is 11.3 Å². The molecule has 108 valence electrons. The van der Waals surface area contributed by atoms with E-state index in [0.717, 1.165) is 38.8 Å². The van der Waals surface area contributed by atoms with E-state index in [4.69, 9.17) is 5.84 Å². The highest BCUT2D eigenvalue weighted by molar-refractivity contribution is 7.99. The number of aromatic nitrogens is 2. The van der Waals surface area contributed by atoms with Crippen LogP contribution >= 0.6 is 23.1 Å². The number of nitrogens with two attached hydrogens (primary N) is 1. The highest BCUT2D eigenvalue weighted by atomic mass is 32.2. The van der Waals surface area contributed by atoms with E-state index in [-0.39, 0.29) is 0 Å². The maximum absolute atomic E-state index is 5.56. The van der Waals surface area contributed by atoms with Crippen molar-refractivity contribution in [2.45, 2.75) is 43.6 Å². The second-order valence-corrected chi connectivity index (χ2v) is 7.66. The smallest absolute Gasteiger partial charge is 0.152 e. The lowest BCUT2D eigenvalue weighted by Crippen LogP contribution is -2.15. The Balaban J connectivity index is 1.70. The van der Waals surface area contributed by atoms with E-state index in [1.807, 2.05) is 23.2 Å². The number of nitrogens with zero attached hydrogens (tertiary/aromatic N) is 2. The largest absolute Gasteiger partial charge is 0.308 e. The average molecular weight is 308 g/mol. The van der Waals surface area contributed by atoms with Crippen molar-refractivity contribution in [2.75, 3.05) is 5.43 Å². The van der Waals surface area contributed by atoms with Crippen LogP contribution in [0.25, 0.3) is 10.2 Å². The molecule has 1 fully saturated rings. The van der Waals surface area contributed by atoms with Crippen LogP contribution in [0, 0.1) is 5.92 Å². The minimum Gasteiger partial charge on any atom is -0.308 e. The maximum atomic E-state index is 5.56. The summed E-state index contributed by atoms with van der Waals surface area (Å²) in [5, 5.41) is 3.80. The molecule has 2 heterocycles. The van der Waals surface area contributed by atoms with E-state index in [9.17, 15) is 0 Å². The fourth-order valence-electron chi connectivity index (χ4n) is 2.80. The molecule has 2 unspecified atom stereocenters. The van der Waals surface area contributed by atoms with E-state index in [0.29, 0.717) is 0 Å². The van der Waals surface area contributed by atoms with Crippen molar-refractivity contribution in [2.24, 2.45) is 11.8 Å². The van der Waals surface area contributed by atoms with E-state index >= 15 is 0 Å². The van der Waals surface area contributed by atoms with Crippen LogP contribution in [0.3, 0.4) is 0 Å². The van der Waals surface area contributed by atoms with Crippen molar-refractivity contribution < 1.29 is 0 Å². The molecule has 2 aromatic rings. The van der Waals surface area contributed by atoms with Gasteiger partial charge in [0.2, 0.25) is 0 Å². The van der Waals surface area contributed by atoms with Crippen molar-refractivity contribution in [3.63, 3.8) is 0 Å². The summed E-state index contributed by atoms with van der Waals surface area (Å²) >= 11 is 3.63. The van der Waals surface area contributed by atoms with Gasteiger partial charge in [0, 0.05) is 5.25 Å². The number of fused-ring (bicyclic) bond motifs is 1. The molecule has 20 heavy (non-hydrogen) atoms. The zero-order valence-corrected chi connectivity index (χ0v) is 13.3. The van der Waals surface area contributed by atoms with Gasteiger partial charge in [0.05, 0.1) is 11.1 Å². The third-order valence-corrected chi connectivity index (χ3v) is 5.98. The lowest BCUT2D eigenvalue weighted by atomic mass is 9.91. The number of anilines is 1. The molecule has 1 saturated carbocycles. The van der Waals surface area contributed by atoms with Crippen LogP contribution in [0.4, 0.5) is 5.82 Å². The fourth-order valence-corrected chi connectivity index (χ4v) is 4.89. The fraction of sp³-hybridized carbons (Fsp3) is 0.571. The topological polar surface area (TPSA) is 63.8 Å². The second kappa shape index (κ2) is 6.28. The monoisotopic (exact) mass is 308 g/mol. The first-order chi connectivity index (χ1) is 9.76. The first-order valence-corrected chi connectivity index (χ1v) is 9.01. The van der Waals surface area contributed by atoms with Crippen molar-refractivity contribution in [1.82, 2.24) is 9.97 Å². The first kappa shape index (κ1) is 14.1. The highest BCUT2D eigenvalue weighted by Crippen LogP contribution is 2.34. The van der Waals surface area contributed by atoms with Gasteiger partial charge in [0.15, 0.2) is 5.82 Å². The zero-order valence-electron chi connectivity index (χ0n) is 11.6. The molecule has 0 amide bonds. The summed E-state index contributed by atoms with van der Waals surface area (Å²) in [7, 11) is 0. The number of hydrogen-bond donors (Lipinski definition) is 2. The van der Waals surface area contributed by atoms with Gasteiger partial charge in [-0.05, 0) is 30.2 Å². The average Bonchev–Trinajstić information content (AvgIpc) is 2.92. The molecular formula is C14H20N4S2. The molecule has 3 rings (SSSR count). The summed E-state index contributed by atoms with van der Waals surface area (Å²) in [5.74, 6) is 8.92. The molecule has 4 nitrogen and oxygen atoms in total. The molecule has 6 heteroatoms. The number of thiophene rings is 1. The SMILES string of the molecule is CC1CCCC(SCc2nc(NN)c3ccsc3n2)C1. The Labute approximate surface area is 127 Å². The van der Waals surface area contributed by atoms with E-state index in [2.05, 4.69) is 22.3 Å². The van der Waals surface area contributed by atoms with Gasteiger partial charge >= 0.3 is 0 Å². The number of thioether (sulfide) groups is 1. The summed E-state index contributed by atoms with van der Waals surface area (Å²) < 4.78 is 0. The molecule has 0 spiro atoms. The lowest BCUT2D eigenvalue weighted by Gasteiger charge is -2.25. The zero-order chi connectivity index (χ0) is 13.9. The number of nitrogen functional groups attached to an aromatic ring is 1. The van der Waals surface area contributed by atoms with Gasteiger partial charge in [-0.3, -0.25) is 0 Å². The molecule has 0 saturated heterocycles. The minimum absolute atomic E-state index is 0.740. The van der Waals surface area contributed by atoms with Crippen LogP contribution in [0.2, 0.25) is 0 Å². The van der Waals surface area contributed by atoms with E-state index in [1.54, 1.807) is 11.3 Å². The Bertz CT molecular complexity index is 584. The molecule has 0 aliphatic heterocycles. The first-order valence-electron chi connectivity index (χ1n) is 7.08. The van der Waals surface area contributed by atoms with Crippen LogP contribution in [-0.4, -0.2) is 15.2 Å². The van der Waals surface area contributed by atoms with E-state index in [1.165, 1.54) is 25.7 Å². The number of hydrogen-bond acceptors (Lipinski definition) is 6. The third-order valence-electron chi connectivity index (χ3n) is 3.84. The van der Waals surface area contributed by atoms with Gasteiger partial charge in [-0.1, -0.05) is 19.8 Å². The Morgan fingerprint density at radius 1 is 1.45 bits per heavy atom. The van der Waals surface area contributed by atoms with Crippen LogP contribution in [0.15, 0.2) is 11.4 Å².